The van der Waals surface area contributed by atoms with Crippen molar-refractivity contribution in [3.8, 4) is 11.3 Å². The Morgan fingerprint density at radius 2 is 2.08 bits per heavy atom. The molecule has 2 amide bonds. The van der Waals surface area contributed by atoms with Crippen LogP contribution in [-0.4, -0.2) is 23.3 Å². The molecule has 0 saturated heterocycles. The number of thiazole rings is 1. The fraction of sp³-hybridized carbons (Fsp3) is 0.188. The average Bonchev–Trinajstić information content (AvgIpc) is 3.32. The zero-order chi connectivity index (χ0) is 18.5. The van der Waals surface area contributed by atoms with Crippen LogP contribution in [-0.2, 0) is 4.79 Å². The minimum Gasteiger partial charge on any atom is -0.352 e. The molecule has 0 radical (unpaired) electrons. The van der Waals surface area contributed by atoms with E-state index < -0.39 is 0 Å². The van der Waals surface area contributed by atoms with Crippen LogP contribution < -0.4 is 10.6 Å². The zero-order valence-corrected chi connectivity index (χ0v) is 17.2. The third-order valence-corrected chi connectivity index (χ3v) is 6.26. The van der Waals surface area contributed by atoms with Crippen LogP contribution in [0.3, 0.4) is 0 Å². The van der Waals surface area contributed by atoms with E-state index in [-0.39, 0.29) is 11.8 Å². The molecule has 3 heterocycles. The van der Waals surface area contributed by atoms with Crippen molar-refractivity contribution < 1.29 is 9.59 Å². The largest absolute Gasteiger partial charge is 0.352 e. The van der Waals surface area contributed by atoms with E-state index in [0.29, 0.717) is 44.4 Å². The smallest absolute Gasteiger partial charge is 0.252 e. The Labute approximate surface area is 172 Å². The van der Waals surface area contributed by atoms with Gasteiger partial charge in [0.1, 0.15) is 4.34 Å². The van der Waals surface area contributed by atoms with Crippen molar-refractivity contribution in [1.29, 1.82) is 0 Å². The van der Waals surface area contributed by atoms with Crippen LogP contribution >= 0.6 is 57.2 Å². The molecule has 0 aliphatic rings. The second-order valence-corrected chi connectivity index (χ2v) is 9.12. The third kappa shape index (κ3) is 5.05. The maximum atomic E-state index is 12.0. The van der Waals surface area contributed by atoms with Gasteiger partial charge in [0.15, 0.2) is 5.13 Å². The summed E-state index contributed by atoms with van der Waals surface area (Å²) in [7, 11) is 0. The zero-order valence-electron chi connectivity index (χ0n) is 13.3. The lowest BCUT2D eigenvalue weighted by Crippen LogP contribution is -2.25. The van der Waals surface area contributed by atoms with E-state index in [2.05, 4.69) is 15.6 Å². The number of aromatic nitrogens is 1. The molecule has 136 valence electrons. The number of thiophene rings is 2. The Morgan fingerprint density at radius 1 is 1.23 bits per heavy atom. The van der Waals surface area contributed by atoms with Crippen molar-refractivity contribution in [2.45, 2.75) is 12.8 Å². The summed E-state index contributed by atoms with van der Waals surface area (Å²) in [5, 5.41) is 11.5. The second kappa shape index (κ2) is 8.96. The van der Waals surface area contributed by atoms with Crippen molar-refractivity contribution in [2.75, 3.05) is 11.9 Å². The first kappa shape index (κ1) is 19.3. The molecule has 0 unspecified atom stereocenters. The van der Waals surface area contributed by atoms with Crippen LogP contribution in [0.5, 0.6) is 0 Å². The molecule has 0 aliphatic heterocycles. The van der Waals surface area contributed by atoms with Crippen LogP contribution in [0.2, 0.25) is 8.67 Å². The van der Waals surface area contributed by atoms with Crippen molar-refractivity contribution in [1.82, 2.24) is 10.3 Å². The number of rotatable bonds is 7. The number of nitrogens with one attached hydrogen (secondary N) is 2. The fourth-order valence-corrected chi connectivity index (χ4v) is 4.94. The first-order chi connectivity index (χ1) is 12.5. The maximum absolute atomic E-state index is 12.0. The van der Waals surface area contributed by atoms with Gasteiger partial charge in [-0.15, -0.1) is 22.7 Å². The Morgan fingerprint density at radius 3 is 2.77 bits per heavy atom. The van der Waals surface area contributed by atoms with Gasteiger partial charge in [0, 0.05) is 34.9 Å². The number of carbonyl (C=O) groups is 2. The maximum Gasteiger partial charge on any atom is 0.252 e. The number of anilines is 1. The van der Waals surface area contributed by atoms with Crippen molar-refractivity contribution in [3.05, 3.63) is 42.5 Å². The molecule has 0 fully saturated rings. The van der Waals surface area contributed by atoms with Crippen LogP contribution in [0.25, 0.3) is 11.3 Å². The van der Waals surface area contributed by atoms with Gasteiger partial charge in [-0.25, -0.2) is 4.98 Å². The lowest BCUT2D eigenvalue weighted by atomic mass is 10.2. The number of amides is 2. The molecule has 26 heavy (non-hydrogen) atoms. The minimum atomic E-state index is -0.148. The molecular weight excluding hydrogens is 433 g/mol. The van der Waals surface area contributed by atoms with Gasteiger partial charge in [-0.1, -0.05) is 23.2 Å². The highest BCUT2D eigenvalue weighted by atomic mass is 35.5. The van der Waals surface area contributed by atoms with E-state index >= 15 is 0 Å². The van der Waals surface area contributed by atoms with Crippen molar-refractivity contribution in [2.24, 2.45) is 0 Å². The first-order valence-corrected chi connectivity index (χ1v) is 10.9. The van der Waals surface area contributed by atoms with Crippen molar-refractivity contribution in [3.63, 3.8) is 0 Å². The van der Waals surface area contributed by atoms with Gasteiger partial charge >= 0.3 is 0 Å². The van der Waals surface area contributed by atoms with Gasteiger partial charge in [-0.05, 0) is 23.9 Å². The molecule has 10 heteroatoms. The van der Waals surface area contributed by atoms with Crippen LogP contribution in [0.15, 0.2) is 28.3 Å². The van der Waals surface area contributed by atoms with Crippen LogP contribution in [0.1, 0.15) is 23.2 Å². The molecule has 0 spiro atoms. The Kier molecular flexibility index (Phi) is 6.66. The van der Waals surface area contributed by atoms with Gasteiger partial charge in [0.05, 0.1) is 10.0 Å². The summed E-state index contributed by atoms with van der Waals surface area (Å²) in [4.78, 5) is 28.1. The highest BCUT2D eigenvalue weighted by Crippen LogP contribution is 2.38. The summed E-state index contributed by atoms with van der Waals surface area (Å²) in [6.07, 6.45) is 0.843. The molecular formula is C16H13Cl2N3O2S3. The summed E-state index contributed by atoms with van der Waals surface area (Å²) in [6.45, 7) is 0.439. The Hall–Kier alpha value is -1.45. The third-order valence-electron chi connectivity index (χ3n) is 3.33. The summed E-state index contributed by atoms with van der Waals surface area (Å²) in [5.41, 5.74) is 2.08. The topological polar surface area (TPSA) is 71.1 Å². The summed E-state index contributed by atoms with van der Waals surface area (Å²) < 4.78 is 1.16. The standard InChI is InChI=1S/C16H13Cl2N3O2S3/c17-12-6-10(14(18)26-12)11-8-25-16(20-11)21-13(22)2-1-4-19-15(23)9-3-5-24-7-9/h3,5-8H,1-2,4H2,(H,19,23)(H,20,21,22). The summed E-state index contributed by atoms with van der Waals surface area (Å²) >= 11 is 16.1. The lowest BCUT2D eigenvalue weighted by molar-refractivity contribution is -0.116. The van der Waals surface area contributed by atoms with Crippen LogP contribution in [0.4, 0.5) is 5.13 Å². The minimum absolute atomic E-state index is 0.123. The second-order valence-electron chi connectivity index (χ2n) is 5.20. The number of hydrogen-bond donors (Lipinski definition) is 2. The predicted octanol–water partition coefficient (Wildman–Crippen LogP) is 5.39. The SMILES string of the molecule is O=C(CCCNC(=O)c1ccsc1)Nc1nc(-c2cc(Cl)sc2Cl)cs1. The number of hydrogen-bond acceptors (Lipinski definition) is 6. The van der Waals surface area contributed by atoms with Gasteiger partial charge < -0.3 is 10.6 Å². The Bertz CT molecular complexity index is 906. The van der Waals surface area contributed by atoms with E-state index in [1.807, 2.05) is 10.8 Å². The Balaban J connectivity index is 1.44. The number of nitrogens with zero attached hydrogens (tertiary/aromatic N) is 1. The van der Waals surface area contributed by atoms with Gasteiger partial charge in [0.2, 0.25) is 5.91 Å². The van der Waals surface area contributed by atoms with Gasteiger partial charge in [-0.2, -0.15) is 11.3 Å². The molecule has 3 aromatic heterocycles. The fourth-order valence-electron chi connectivity index (χ4n) is 2.10. The van der Waals surface area contributed by atoms with Crippen molar-refractivity contribution >= 4 is 74.2 Å². The molecule has 2 N–H and O–H groups in total. The van der Waals surface area contributed by atoms with E-state index in [4.69, 9.17) is 23.2 Å². The van der Waals surface area contributed by atoms with E-state index in [1.54, 1.807) is 17.5 Å². The van der Waals surface area contributed by atoms with E-state index in [1.165, 1.54) is 34.0 Å². The predicted molar refractivity (Wildman–Crippen MR) is 110 cm³/mol. The van der Waals surface area contributed by atoms with E-state index in [9.17, 15) is 9.59 Å². The number of halogens is 2. The highest BCUT2D eigenvalue weighted by molar-refractivity contribution is 7.20. The molecule has 0 aliphatic carbocycles. The van der Waals surface area contributed by atoms with Crippen LogP contribution in [0, 0.1) is 0 Å². The molecule has 3 rings (SSSR count). The molecule has 0 saturated carbocycles. The van der Waals surface area contributed by atoms with Gasteiger partial charge in [-0.3, -0.25) is 9.59 Å². The first-order valence-electron chi connectivity index (χ1n) is 7.54. The number of carbonyl (C=O) groups excluding carboxylic acids is 2. The molecule has 0 aromatic carbocycles. The monoisotopic (exact) mass is 445 g/mol. The quantitative estimate of drug-likeness (QED) is 0.478. The summed E-state index contributed by atoms with van der Waals surface area (Å²) in [6, 6.07) is 3.52. The summed E-state index contributed by atoms with van der Waals surface area (Å²) in [5.74, 6) is -0.271. The highest BCUT2D eigenvalue weighted by Gasteiger charge is 2.13. The lowest BCUT2D eigenvalue weighted by Gasteiger charge is -2.04. The van der Waals surface area contributed by atoms with E-state index in [0.717, 1.165) is 5.56 Å². The molecule has 0 bridgehead atoms. The molecule has 5 nitrogen and oxygen atoms in total. The molecule has 0 atom stereocenters. The normalized spacial score (nSPS) is 10.7. The molecule has 3 aromatic rings. The van der Waals surface area contributed by atoms with Gasteiger partial charge in [0.25, 0.3) is 5.91 Å². The average molecular weight is 446 g/mol.